The number of hydrogen-bond donors (Lipinski definition) is 3. The van der Waals surface area contributed by atoms with Gasteiger partial charge in [-0.25, -0.2) is 14.2 Å². The fourth-order valence-electron chi connectivity index (χ4n) is 4.39. The molecule has 2 atom stereocenters. The number of rotatable bonds is 3. The molecule has 1 amide bonds. The zero-order chi connectivity index (χ0) is 23.8. The Balaban J connectivity index is 1.49. The van der Waals surface area contributed by atoms with Crippen molar-refractivity contribution in [3.8, 4) is 17.2 Å². The van der Waals surface area contributed by atoms with Gasteiger partial charge in [-0.2, -0.15) is 5.26 Å². The fraction of sp³-hybridized carbons (Fsp3) is 0.333. The highest BCUT2D eigenvalue weighted by Gasteiger charge is 2.24. The van der Waals surface area contributed by atoms with Crippen molar-refractivity contribution < 1.29 is 18.7 Å². The fourth-order valence-corrected chi connectivity index (χ4v) is 4.39. The number of nitrogens with zero attached hydrogens (tertiary/aromatic N) is 3. The van der Waals surface area contributed by atoms with E-state index < -0.39 is 11.9 Å². The number of nitrogen functional groups attached to an aromatic ring is 1. The molecule has 0 radical (unpaired) electrons. The van der Waals surface area contributed by atoms with Gasteiger partial charge in [-0.1, -0.05) is 0 Å². The molecule has 5 rings (SSSR count). The lowest BCUT2D eigenvalue weighted by molar-refractivity contribution is 0.0931. The van der Waals surface area contributed by atoms with E-state index in [-0.39, 0.29) is 23.5 Å². The molecular formula is C24H23FN6O3. The third-order valence-electron chi connectivity index (χ3n) is 6.25. The first-order valence-electron chi connectivity index (χ1n) is 11.0. The van der Waals surface area contributed by atoms with Crippen LogP contribution in [-0.2, 0) is 15.9 Å². The summed E-state index contributed by atoms with van der Waals surface area (Å²) in [6.07, 6.45) is 3.32. The quantitative estimate of drug-likeness (QED) is 0.501. The van der Waals surface area contributed by atoms with Crippen molar-refractivity contribution >= 4 is 34.1 Å². The first-order chi connectivity index (χ1) is 16.4. The summed E-state index contributed by atoms with van der Waals surface area (Å²) >= 11 is 0. The number of anilines is 3. The molecule has 1 unspecified atom stereocenters. The molecule has 10 heteroatoms. The van der Waals surface area contributed by atoms with Gasteiger partial charge in [0.15, 0.2) is 5.82 Å². The van der Waals surface area contributed by atoms with Crippen molar-refractivity contribution in [2.45, 2.75) is 25.9 Å². The van der Waals surface area contributed by atoms with Crippen LogP contribution in [0.1, 0.15) is 17.7 Å². The number of ether oxygens (including phenoxy) is 2. The molecule has 0 saturated carbocycles. The molecule has 4 N–H and O–H groups in total. The Morgan fingerprint density at radius 2 is 2.21 bits per heavy atom. The van der Waals surface area contributed by atoms with E-state index in [9.17, 15) is 10.1 Å². The van der Waals surface area contributed by atoms with Gasteiger partial charge in [0.05, 0.1) is 42.3 Å². The Morgan fingerprint density at radius 3 is 2.97 bits per heavy atom. The van der Waals surface area contributed by atoms with E-state index in [4.69, 9.17) is 15.2 Å². The predicted octanol–water partition coefficient (Wildman–Crippen LogP) is 3.77. The van der Waals surface area contributed by atoms with E-state index in [1.165, 1.54) is 6.20 Å². The average molecular weight is 462 g/mol. The maximum absolute atomic E-state index is 15.3. The third kappa shape index (κ3) is 3.95. The summed E-state index contributed by atoms with van der Waals surface area (Å²) in [5.74, 6) is -0.450. The molecule has 9 nitrogen and oxygen atoms in total. The summed E-state index contributed by atoms with van der Waals surface area (Å²) in [6.45, 7) is 3.34. The Bertz CT molecular complexity index is 1330. The number of halogens is 1. The SMILES string of the molecule is Cc1c(-c2cc3cc(NC(=O)OC4CCOC4)ncc3c(N)c2F)cnc2c1NC[C@H](C#N)C2. The summed E-state index contributed by atoms with van der Waals surface area (Å²) < 4.78 is 25.9. The van der Waals surface area contributed by atoms with Gasteiger partial charge in [0, 0.05) is 48.3 Å². The van der Waals surface area contributed by atoms with Crippen LogP contribution < -0.4 is 16.4 Å². The van der Waals surface area contributed by atoms with Crippen molar-refractivity contribution in [2.24, 2.45) is 5.92 Å². The van der Waals surface area contributed by atoms with Crippen LogP contribution in [0, 0.1) is 30.0 Å². The summed E-state index contributed by atoms with van der Waals surface area (Å²) in [5.41, 5.74) is 9.42. The topological polar surface area (TPSA) is 135 Å². The largest absolute Gasteiger partial charge is 0.443 e. The molecule has 2 aromatic heterocycles. The van der Waals surface area contributed by atoms with Gasteiger partial charge in [0.2, 0.25) is 0 Å². The number of pyridine rings is 2. The maximum atomic E-state index is 15.3. The number of fused-ring (bicyclic) bond motifs is 2. The predicted molar refractivity (Wildman–Crippen MR) is 125 cm³/mol. The highest BCUT2D eigenvalue weighted by atomic mass is 19.1. The Labute approximate surface area is 195 Å². The number of nitriles is 1. The molecule has 34 heavy (non-hydrogen) atoms. The van der Waals surface area contributed by atoms with Crippen molar-refractivity contribution in [1.29, 1.82) is 5.26 Å². The number of aromatic nitrogens is 2. The molecule has 2 aliphatic heterocycles. The number of benzene rings is 1. The maximum Gasteiger partial charge on any atom is 0.413 e. The molecular weight excluding hydrogens is 439 g/mol. The standard InChI is InChI=1S/C24H23FN6O3/c1-12-17(9-28-19-4-13(7-26)8-30-23(12)19)16-5-14-6-20(29-10-18(14)22(27)21(16)25)31-24(32)34-15-2-3-33-11-15/h5-6,9-10,13,15,30H,2-4,8,11,27H2,1H3,(H,29,31,32)/t13-,15?/m0/s1. The second-order valence-electron chi connectivity index (χ2n) is 8.49. The van der Waals surface area contributed by atoms with Crippen LogP contribution >= 0.6 is 0 Å². The highest BCUT2D eigenvalue weighted by Crippen LogP contribution is 2.38. The van der Waals surface area contributed by atoms with Crippen molar-refractivity contribution in [3.05, 3.63) is 41.6 Å². The van der Waals surface area contributed by atoms with E-state index in [0.717, 1.165) is 16.9 Å². The first kappa shape index (κ1) is 21.9. The second kappa shape index (κ2) is 8.76. The molecule has 1 saturated heterocycles. The van der Waals surface area contributed by atoms with E-state index in [2.05, 4.69) is 26.7 Å². The van der Waals surface area contributed by atoms with Crippen LogP contribution in [0.15, 0.2) is 24.5 Å². The van der Waals surface area contributed by atoms with Crippen molar-refractivity contribution in [2.75, 3.05) is 36.1 Å². The van der Waals surface area contributed by atoms with Gasteiger partial charge < -0.3 is 20.5 Å². The lowest BCUT2D eigenvalue weighted by Gasteiger charge is -2.24. The Kier molecular flexibility index (Phi) is 5.63. The molecule has 2 aliphatic rings. The number of nitrogens with two attached hydrogens (primary N) is 1. The van der Waals surface area contributed by atoms with Gasteiger partial charge in [0.1, 0.15) is 11.9 Å². The van der Waals surface area contributed by atoms with Crippen LogP contribution in [0.2, 0.25) is 0 Å². The van der Waals surface area contributed by atoms with Crippen LogP contribution in [0.3, 0.4) is 0 Å². The Morgan fingerprint density at radius 1 is 1.35 bits per heavy atom. The summed E-state index contributed by atoms with van der Waals surface area (Å²) in [6, 6.07) is 5.55. The normalized spacial score (nSPS) is 19.2. The van der Waals surface area contributed by atoms with Gasteiger partial charge in [-0.15, -0.1) is 0 Å². The molecule has 0 aliphatic carbocycles. The zero-order valence-corrected chi connectivity index (χ0v) is 18.5. The van der Waals surface area contributed by atoms with Crippen LogP contribution in [0.25, 0.3) is 21.9 Å². The smallest absolute Gasteiger partial charge is 0.413 e. The number of hydrogen-bond acceptors (Lipinski definition) is 8. The number of nitrogens with one attached hydrogen (secondary N) is 2. The molecule has 0 bridgehead atoms. The lowest BCUT2D eigenvalue weighted by Crippen LogP contribution is -2.23. The molecule has 4 heterocycles. The molecule has 1 fully saturated rings. The number of carbonyl (C=O) groups excluding carboxylic acids is 1. The van der Waals surface area contributed by atoms with Crippen LogP contribution in [0.5, 0.6) is 0 Å². The lowest BCUT2D eigenvalue weighted by atomic mass is 9.92. The van der Waals surface area contributed by atoms with Gasteiger partial charge in [0.25, 0.3) is 0 Å². The molecule has 1 aromatic carbocycles. The summed E-state index contributed by atoms with van der Waals surface area (Å²) in [7, 11) is 0. The Hall–Kier alpha value is -3.97. The van der Waals surface area contributed by atoms with E-state index >= 15 is 4.39 Å². The first-order valence-corrected chi connectivity index (χ1v) is 11.0. The van der Waals surface area contributed by atoms with E-state index in [1.54, 1.807) is 18.3 Å². The van der Waals surface area contributed by atoms with Gasteiger partial charge in [-0.05, 0) is 30.0 Å². The number of amides is 1. The van der Waals surface area contributed by atoms with Crippen molar-refractivity contribution in [1.82, 2.24) is 9.97 Å². The molecule has 0 spiro atoms. The summed E-state index contributed by atoms with van der Waals surface area (Å²) in [4.78, 5) is 20.9. The van der Waals surface area contributed by atoms with Gasteiger partial charge in [-0.3, -0.25) is 10.3 Å². The third-order valence-corrected chi connectivity index (χ3v) is 6.25. The zero-order valence-electron chi connectivity index (χ0n) is 18.5. The number of carbonyl (C=O) groups is 1. The van der Waals surface area contributed by atoms with E-state index in [0.29, 0.717) is 54.5 Å². The molecule has 174 valence electrons. The van der Waals surface area contributed by atoms with Crippen molar-refractivity contribution in [3.63, 3.8) is 0 Å². The summed E-state index contributed by atoms with van der Waals surface area (Å²) in [5, 5.41) is 16.1. The average Bonchev–Trinajstić information content (AvgIpc) is 3.34. The second-order valence-corrected chi connectivity index (χ2v) is 8.49. The monoisotopic (exact) mass is 462 g/mol. The minimum absolute atomic E-state index is 0.0353. The minimum atomic E-state index is -0.630. The van der Waals surface area contributed by atoms with E-state index in [1.807, 2.05) is 6.92 Å². The van der Waals surface area contributed by atoms with Gasteiger partial charge >= 0.3 is 6.09 Å². The van der Waals surface area contributed by atoms with Crippen LogP contribution in [-0.4, -0.2) is 41.9 Å². The van der Waals surface area contributed by atoms with Crippen LogP contribution in [0.4, 0.5) is 26.4 Å². The minimum Gasteiger partial charge on any atom is -0.443 e. The highest BCUT2D eigenvalue weighted by molar-refractivity contribution is 5.99. The molecule has 3 aromatic rings.